The van der Waals surface area contributed by atoms with Gasteiger partial charge in [0.15, 0.2) is 0 Å². The number of nitrogens with zero attached hydrogens (tertiary/aromatic N) is 1. The highest BCUT2D eigenvalue weighted by Gasteiger charge is 2.36. The summed E-state index contributed by atoms with van der Waals surface area (Å²) in [5, 5.41) is 9.82. The first-order chi connectivity index (χ1) is 10.7. The summed E-state index contributed by atoms with van der Waals surface area (Å²) in [4.78, 5) is 0. The summed E-state index contributed by atoms with van der Waals surface area (Å²) in [6.07, 6.45) is 12.3. The second kappa shape index (κ2) is 8.37. The van der Waals surface area contributed by atoms with Gasteiger partial charge in [-0.05, 0) is 49.1 Å². The Balaban J connectivity index is 1.98. The Morgan fingerprint density at radius 1 is 1.05 bits per heavy atom. The molecule has 0 radical (unpaired) electrons. The van der Waals surface area contributed by atoms with Gasteiger partial charge in [0.1, 0.15) is 0 Å². The van der Waals surface area contributed by atoms with Crippen LogP contribution in [0, 0.1) is 17.2 Å². The van der Waals surface area contributed by atoms with E-state index in [1.807, 2.05) is 0 Å². The summed E-state index contributed by atoms with van der Waals surface area (Å²) >= 11 is 0. The molecule has 1 fully saturated rings. The molecule has 0 atom stereocenters. The van der Waals surface area contributed by atoms with Crippen LogP contribution < -0.4 is 0 Å². The molecule has 1 nitrogen and oxygen atoms in total. The van der Waals surface area contributed by atoms with E-state index < -0.39 is 0 Å². The SMILES string of the molecule is CCCCCC1CCC(C#N)(c2ccc(CCC)cc2)CC1. The Morgan fingerprint density at radius 3 is 2.27 bits per heavy atom. The summed E-state index contributed by atoms with van der Waals surface area (Å²) in [6.45, 7) is 4.48. The first-order valence-electron chi connectivity index (χ1n) is 9.24. The van der Waals surface area contributed by atoms with Gasteiger partial charge >= 0.3 is 0 Å². The summed E-state index contributed by atoms with van der Waals surface area (Å²) in [5.41, 5.74) is 2.43. The molecule has 1 aliphatic carbocycles. The van der Waals surface area contributed by atoms with Crippen LogP contribution in [0.25, 0.3) is 0 Å². The molecule has 2 rings (SSSR count). The van der Waals surface area contributed by atoms with Crippen LogP contribution in [0.5, 0.6) is 0 Å². The number of nitriles is 1. The molecule has 0 spiro atoms. The molecule has 0 aromatic heterocycles. The van der Waals surface area contributed by atoms with Crippen LogP contribution in [-0.2, 0) is 11.8 Å². The van der Waals surface area contributed by atoms with Crippen LogP contribution in [0.3, 0.4) is 0 Å². The average Bonchev–Trinajstić information content (AvgIpc) is 2.57. The predicted octanol–water partition coefficient (Wildman–Crippen LogP) is 6.17. The van der Waals surface area contributed by atoms with E-state index in [1.165, 1.54) is 56.1 Å². The molecular formula is C21H31N. The van der Waals surface area contributed by atoms with Gasteiger partial charge < -0.3 is 0 Å². The number of hydrogen-bond donors (Lipinski definition) is 0. The van der Waals surface area contributed by atoms with Crippen LogP contribution >= 0.6 is 0 Å². The lowest BCUT2D eigenvalue weighted by Crippen LogP contribution is -2.30. The summed E-state index contributed by atoms with van der Waals surface area (Å²) in [7, 11) is 0. The zero-order chi connectivity index (χ0) is 15.8. The number of benzene rings is 1. The second-order valence-electron chi connectivity index (χ2n) is 7.08. The van der Waals surface area contributed by atoms with Gasteiger partial charge in [0.05, 0.1) is 11.5 Å². The Morgan fingerprint density at radius 2 is 1.73 bits per heavy atom. The van der Waals surface area contributed by atoms with Gasteiger partial charge in [-0.3, -0.25) is 0 Å². The molecule has 0 aliphatic heterocycles. The normalized spacial score (nSPS) is 24.9. The molecule has 0 saturated heterocycles. The topological polar surface area (TPSA) is 23.8 Å². The van der Waals surface area contributed by atoms with E-state index >= 15 is 0 Å². The van der Waals surface area contributed by atoms with Gasteiger partial charge in [-0.2, -0.15) is 5.26 Å². The average molecular weight is 297 g/mol. The first-order valence-corrected chi connectivity index (χ1v) is 9.24. The van der Waals surface area contributed by atoms with Crippen LogP contribution in [0.4, 0.5) is 0 Å². The molecule has 0 bridgehead atoms. The second-order valence-corrected chi connectivity index (χ2v) is 7.08. The van der Waals surface area contributed by atoms with Crippen molar-refractivity contribution >= 4 is 0 Å². The van der Waals surface area contributed by atoms with Crippen molar-refractivity contribution in [2.24, 2.45) is 5.92 Å². The molecule has 1 aromatic carbocycles. The molecule has 0 N–H and O–H groups in total. The third-order valence-corrected chi connectivity index (χ3v) is 5.43. The Kier molecular flexibility index (Phi) is 6.49. The van der Waals surface area contributed by atoms with Crippen molar-refractivity contribution in [2.45, 2.75) is 83.5 Å². The lowest BCUT2D eigenvalue weighted by atomic mass is 9.67. The molecule has 1 saturated carbocycles. The summed E-state index contributed by atoms with van der Waals surface area (Å²) in [5.74, 6) is 0.854. The highest BCUT2D eigenvalue weighted by Crippen LogP contribution is 2.42. The molecule has 1 aliphatic rings. The molecule has 120 valence electrons. The van der Waals surface area contributed by atoms with Gasteiger partial charge in [0, 0.05) is 0 Å². The number of unbranched alkanes of at least 4 members (excludes halogenated alkanes) is 2. The summed E-state index contributed by atoms with van der Waals surface area (Å²) in [6, 6.07) is 11.6. The summed E-state index contributed by atoms with van der Waals surface area (Å²) < 4.78 is 0. The monoisotopic (exact) mass is 297 g/mol. The fourth-order valence-corrected chi connectivity index (χ4v) is 3.89. The highest BCUT2D eigenvalue weighted by atomic mass is 14.4. The smallest absolute Gasteiger partial charge is 0.0822 e. The molecule has 1 aromatic rings. The quantitative estimate of drug-likeness (QED) is 0.552. The van der Waals surface area contributed by atoms with Gasteiger partial charge in [0.25, 0.3) is 0 Å². The van der Waals surface area contributed by atoms with Gasteiger partial charge in [-0.25, -0.2) is 0 Å². The van der Waals surface area contributed by atoms with Crippen molar-refractivity contribution in [1.29, 1.82) is 5.26 Å². The molecule has 0 heterocycles. The van der Waals surface area contributed by atoms with Gasteiger partial charge in [-0.15, -0.1) is 0 Å². The zero-order valence-electron chi connectivity index (χ0n) is 14.4. The van der Waals surface area contributed by atoms with Crippen LogP contribution in [0.1, 0.15) is 82.8 Å². The minimum absolute atomic E-state index is 0.216. The number of rotatable bonds is 7. The molecule has 0 unspecified atom stereocenters. The first kappa shape index (κ1) is 17.1. The lowest BCUT2D eigenvalue weighted by molar-refractivity contribution is 0.261. The van der Waals surface area contributed by atoms with Crippen molar-refractivity contribution in [3.05, 3.63) is 35.4 Å². The maximum Gasteiger partial charge on any atom is 0.0822 e. The third-order valence-electron chi connectivity index (χ3n) is 5.43. The van der Waals surface area contributed by atoms with Crippen molar-refractivity contribution in [3.8, 4) is 6.07 Å². The van der Waals surface area contributed by atoms with Crippen LogP contribution in [0.15, 0.2) is 24.3 Å². The largest absolute Gasteiger partial charge is 0.197 e. The Hall–Kier alpha value is -1.29. The number of aryl methyl sites for hydroxylation is 1. The minimum atomic E-state index is -0.216. The molecule has 1 heteroatoms. The van der Waals surface area contributed by atoms with E-state index in [2.05, 4.69) is 44.2 Å². The van der Waals surface area contributed by atoms with Crippen LogP contribution in [0.2, 0.25) is 0 Å². The highest BCUT2D eigenvalue weighted by molar-refractivity contribution is 5.35. The molecule has 22 heavy (non-hydrogen) atoms. The van der Waals surface area contributed by atoms with Gasteiger partial charge in [-0.1, -0.05) is 70.2 Å². The molecular weight excluding hydrogens is 266 g/mol. The Labute approximate surface area is 136 Å². The van der Waals surface area contributed by atoms with E-state index in [0.29, 0.717) is 0 Å². The Bertz CT molecular complexity index is 472. The maximum absolute atomic E-state index is 9.82. The molecule has 0 amide bonds. The van der Waals surface area contributed by atoms with Crippen LogP contribution in [-0.4, -0.2) is 0 Å². The van der Waals surface area contributed by atoms with Crippen molar-refractivity contribution in [1.82, 2.24) is 0 Å². The van der Waals surface area contributed by atoms with E-state index in [4.69, 9.17) is 0 Å². The third kappa shape index (κ3) is 4.13. The van der Waals surface area contributed by atoms with E-state index in [-0.39, 0.29) is 5.41 Å². The maximum atomic E-state index is 9.82. The fourth-order valence-electron chi connectivity index (χ4n) is 3.89. The van der Waals surface area contributed by atoms with Gasteiger partial charge in [0.2, 0.25) is 0 Å². The minimum Gasteiger partial charge on any atom is -0.197 e. The van der Waals surface area contributed by atoms with E-state index in [9.17, 15) is 5.26 Å². The van der Waals surface area contributed by atoms with Crippen molar-refractivity contribution in [2.75, 3.05) is 0 Å². The van der Waals surface area contributed by atoms with E-state index in [1.54, 1.807) is 0 Å². The predicted molar refractivity (Wildman–Crippen MR) is 93.8 cm³/mol. The van der Waals surface area contributed by atoms with Crippen molar-refractivity contribution < 1.29 is 0 Å². The standard InChI is InChI=1S/C21H31N/c1-3-5-6-8-19-13-15-21(17-22,16-14-19)20-11-9-18(7-4-2)10-12-20/h9-12,19H,3-8,13-16H2,1-2H3. The number of hydrogen-bond acceptors (Lipinski definition) is 1. The van der Waals surface area contributed by atoms with Crippen molar-refractivity contribution in [3.63, 3.8) is 0 Å². The zero-order valence-corrected chi connectivity index (χ0v) is 14.4. The van der Waals surface area contributed by atoms with E-state index in [0.717, 1.165) is 25.2 Å². The lowest BCUT2D eigenvalue weighted by Gasteiger charge is -2.35. The fraction of sp³-hybridized carbons (Fsp3) is 0.667.